The lowest BCUT2D eigenvalue weighted by molar-refractivity contribution is -0.161. The first kappa shape index (κ1) is 12.0. The smallest absolute Gasteiger partial charge is 0.309 e. The van der Waals surface area contributed by atoms with Crippen LogP contribution in [0.5, 0.6) is 0 Å². The van der Waals surface area contributed by atoms with E-state index >= 15 is 0 Å². The minimum atomic E-state index is -0.309. The zero-order valence-corrected chi connectivity index (χ0v) is 9.32. The van der Waals surface area contributed by atoms with Gasteiger partial charge in [0, 0.05) is 0 Å². The molecule has 15 heavy (non-hydrogen) atoms. The maximum Gasteiger partial charge on any atom is 0.309 e. The molecule has 2 atom stereocenters. The van der Waals surface area contributed by atoms with E-state index < -0.39 is 0 Å². The van der Waals surface area contributed by atoms with Gasteiger partial charge in [-0.1, -0.05) is 13.3 Å². The van der Waals surface area contributed by atoms with Crippen molar-refractivity contribution in [2.75, 3.05) is 13.2 Å². The molecule has 0 radical (unpaired) electrons. The summed E-state index contributed by atoms with van der Waals surface area (Å²) in [6, 6.07) is 0. The lowest BCUT2D eigenvalue weighted by Gasteiger charge is -2.26. The van der Waals surface area contributed by atoms with E-state index in [1.807, 2.05) is 0 Å². The summed E-state index contributed by atoms with van der Waals surface area (Å²) >= 11 is 0. The van der Waals surface area contributed by atoms with Crippen LogP contribution in [-0.2, 0) is 19.1 Å². The van der Waals surface area contributed by atoms with Gasteiger partial charge in [-0.3, -0.25) is 9.59 Å². The molecular formula is C11H18O4. The summed E-state index contributed by atoms with van der Waals surface area (Å²) in [5, 5.41) is 0. The number of esters is 2. The highest BCUT2D eigenvalue weighted by molar-refractivity contribution is 5.80. The van der Waals surface area contributed by atoms with E-state index in [2.05, 4.69) is 6.92 Å². The standard InChI is InChI=1S/C11H18O4/c1-3-8-5-9(11(13)15-7-8)6-10(12)14-4-2/h8-9H,3-7H2,1-2H3/t8-,9-/m0/s1. The summed E-state index contributed by atoms with van der Waals surface area (Å²) in [5.74, 6) is -0.478. The van der Waals surface area contributed by atoms with Gasteiger partial charge in [0.1, 0.15) is 0 Å². The Kier molecular flexibility index (Phi) is 4.59. The predicted molar refractivity (Wildman–Crippen MR) is 54.1 cm³/mol. The largest absolute Gasteiger partial charge is 0.466 e. The number of hydrogen-bond acceptors (Lipinski definition) is 4. The fourth-order valence-electron chi connectivity index (χ4n) is 1.76. The van der Waals surface area contributed by atoms with Gasteiger partial charge in [0.25, 0.3) is 0 Å². The van der Waals surface area contributed by atoms with E-state index in [1.54, 1.807) is 6.92 Å². The molecule has 4 nitrogen and oxygen atoms in total. The molecule has 0 N–H and O–H groups in total. The zero-order valence-electron chi connectivity index (χ0n) is 9.32. The molecule has 0 aromatic rings. The molecule has 86 valence electrons. The molecule has 4 heteroatoms. The lowest BCUT2D eigenvalue weighted by atomic mass is 9.89. The van der Waals surface area contributed by atoms with Crippen LogP contribution < -0.4 is 0 Å². The van der Waals surface area contributed by atoms with Crippen molar-refractivity contribution in [3.8, 4) is 0 Å². The molecule has 1 heterocycles. The van der Waals surface area contributed by atoms with E-state index in [0.29, 0.717) is 19.1 Å². The summed E-state index contributed by atoms with van der Waals surface area (Å²) < 4.78 is 9.84. The Hall–Kier alpha value is -1.06. The van der Waals surface area contributed by atoms with Gasteiger partial charge < -0.3 is 9.47 Å². The van der Waals surface area contributed by atoms with Gasteiger partial charge in [0.2, 0.25) is 0 Å². The number of cyclic esters (lactones) is 1. The normalized spacial score (nSPS) is 25.9. The molecule has 0 unspecified atom stereocenters. The molecule has 0 amide bonds. The van der Waals surface area contributed by atoms with E-state index in [4.69, 9.17) is 9.47 Å². The van der Waals surface area contributed by atoms with Crippen LogP contribution in [0.4, 0.5) is 0 Å². The Morgan fingerprint density at radius 2 is 2.27 bits per heavy atom. The first-order chi connectivity index (χ1) is 7.17. The van der Waals surface area contributed by atoms with Crippen LogP contribution in [-0.4, -0.2) is 25.2 Å². The van der Waals surface area contributed by atoms with Crippen LogP contribution in [0.3, 0.4) is 0 Å². The van der Waals surface area contributed by atoms with Crippen LogP contribution in [0.2, 0.25) is 0 Å². The number of ether oxygens (including phenoxy) is 2. The number of carbonyl (C=O) groups excluding carboxylic acids is 2. The predicted octanol–water partition coefficient (Wildman–Crippen LogP) is 1.53. The van der Waals surface area contributed by atoms with Crippen LogP contribution >= 0.6 is 0 Å². The molecule has 0 aromatic heterocycles. The van der Waals surface area contributed by atoms with Crippen molar-refractivity contribution in [1.29, 1.82) is 0 Å². The monoisotopic (exact) mass is 214 g/mol. The third kappa shape index (κ3) is 3.53. The molecule has 0 spiro atoms. The molecule has 0 saturated carbocycles. The minimum absolute atomic E-state index is 0.156. The van der Waals surface area contributed by atoms with Crippen LogP contribution in [0.15, 0.2) is 0 Å². The van der Waals surface area contributed by atoms with Gasteiger partial charge in [0.15, 0.2) is 0 Å². The Balaban J connectivity index is 2.44. The van der Waals surface area contributed by atoms with Crippen LogP contribution in [0.25, 0.3) is 0 Å². The average molecular weight is 214 g/mol. The van der Waals surface area contributed by atoms with Crippen molar-refractivity contribution >= 4 is 11.9 Å². The third-order valence-electron chi connectivity index (χ3n) is 2.71. The second-order valence-corrected chi connectivity index (χ2v) is 3.85. The summed E-state index contributed by atoms with van der Waals surface area (Å²) in [6.45, 7) is 4.67. The van der Waals surface area contributed by atoms with Crippen LogP contribution in [0, 0.1) is 11.8 Å². The Morgan fingerprint density at radius 3 is 2.87 bits per heavy atom. The average Bonchev–Trinajstić information content (AvgIpc) is 2.21. The Bertz CT molecular complexity index is 237. The number of hydrogen-bond donors (Lipinski definition) is 0. The first-order valence-electron chi connectivity index (χ1n) is 5.49. The summed E-state index contributed by atoms with van der Waals surface area (Å²) in [4.78, 5) is 22.6. The van der Waals surface area contributed by atoms with Gasteiger partial charge in [-0.25, -0.2) is 0 Å². The Labute approximate surface area is 89.9 Å². The fraction of sp³-hybridized carbons (Fsp3) is 0.818. The van der Waals surface area contributed by atoms with Crippen molar-refractivity contribution in [3.05, 3.63) is 0 Å². The van der Waals surface area contributed by atoms with E-state index in [0.717, 1.165) is 12.8 Å². The molecule has 1 aliphatic heterocycles. The van der Waals surface area contributed by atoms with Gasteiger partial charge in [-0.2, -0.15) is 0 Å². The molecule has 1 rings (SSSR count). The molecular weight excluding hydrogens is 196 g/mol. The van der Waals surface area contributed by atoms with E-state index in [1.165, 1.54) is 0 Å². The van der Waals surface area contributed by atoms with Gasteiger partial charge in [-0.05, 0) is 19.3 Å². The molecule has 1 fully saturated rings. The van der Waals surface area contributed by atoms with Gasteiger partial charge >= 0.3 is 11.9 Å². The molecule has 0 aromatic carbocycles. The van der Waals surface area contributed by atoms with Crippen molar-refractivity contribution in [2.24, 2.45) is 11.8 Å². The van der Waals surface area contributed by atoms with Gasteiger partial charge in [0.05, 0.1) is 25.6 Å². The maximum absolute atomic E-state index is 11.4. The quantitative estimate of drug-likeness (QED) is 0.666. The number of carbonyl (C=O) groups is 2. The highest BCUT2D eigenvalue weighted by Crippen LogP contribution is 2.25. The second kappa shape index (κ2) is 5.73. The van der Waals surface area contributed by atoms with Crippen molar-refractivity contribution in [3.63, 3.8) is 0 Å². The minimum Gasteiger partial charge on any atom is -0.466 e. The third-order valence-corrected chi connectivity index (χ3v) is 2.71. The number of rotatable bonds is 4. The summed E-state index contributed by atoms with van der Waals surface area (Å²) in [6.07, 6.45) is 1.88. The van der Waals surface area contributed by atoms with E-state index in [9.17, 15) is 9.59 Å². The second-order valence-electron chi connectivity index (χ2n) is 3.85. The molecule has 1 saturated heterocycles. The lowest BCUT2D eigenvalue weighted by Crippen LogP contribution is -2.32. The molecule has 1 aliphatic rings. The maximum atomic E-state index is 11.4. The molecule has 0 aliphatic carbocycles. The Morgan fingerprint density at radius 1 is 1.53 bits per heavy atom. The first-order valence-corrected chi connectivity index (χ1v) is 5.49. The fourth-order valence-corrected chi connectivity index (χ4v) is 1.76. The van der Waals surface area contributed by atoms with Gasteiger partial charge in [-0.15, -0.1) is 0 Å². The van der Waals surface area contributed by atoms with Crippen LogP contribution in [0.1, 0.15) is 33.1 Å². The highest BCUT2D eigenvalue weighted by atomic mass is 16.5. The summed E-state index contributed by atoms with van der Waals surface area (Å²) in [5.41, 5.74) is 0. The van der Waals surface area contributed by atoms with Crippen molar-refractivity contribution < 1.29 is 19.1 Å². The van der Waals surface area contributed by atoms with E-state index in [-0.39, 0.29) is 24.3 Å². The topological polar surface area (TPSA) is 52.6 Å². The van der Waals surface area contributed by atoms with Crippen molar-refractivity contribution in [1.82, 2.24) is 0 Å². The summed E-state index contributed by atoms with van der Waals surface area (Å²) in [7, 11) is 0. The van der Waals surface area contributed by atoms with Crippen molar-refractivity contribution in [2.45, 2.75) is 33.1 Å². The SMILES string of the molecule is CCOC(=O)C[C@@H]1C[C@H](CC)COC1=O. The highest BCUT2D eigenvalue weighted by Gasteiger charge is 2.31. The zero-order chi connectivity index (χ0) is 11.3. The molecule has 0 bridgehead atoms.